The predicted octanol–water partition coefficient (Wildman–Crippen LogP) is 1.05. The van der Waals surface area contributed by atoms with Gasteiger partial charge < -0.3 is 10.6 Å². The SMILES string of the molecule is CCCNC(=O)CN=CNc1cccnc1. The number of rotatable bonds is 6. The summed E-state index contributed by atoms with van der Waals surface area (Å²) in [6.45, 7) is 2.85. The highest BCUT2D eigenvalue weighted by Crippen LogP contribution is 1.99. The first-order valence-corrected chi connectivity index (χ1v) is 5.24. The summed E-state index contributed by atoms with van der Waals surface area (Å²) in [6, 6.07) is 3.69. The molecule has 16 heavy (non-hydrogen) atoms. The Kier molecular flexibility index (Phi) is 5.62. The van der Waals surface area contributed by atoms with E-state index in [1.165, 1.54) is 6.34 Å². The third-order valence-corrected chi connectivity index (χ3v) is 1.79. The molecular formula is C11H16N4O. The van der Waals surface area contributed by atoms with Crippen LogP contribution in [0.4, 0.5) is 5.69 Å². The number of aromatic nitrogens is 1. The third-order valence-electron chi connectivity index (χ3n) is 1.79. The third kappa shape index (κ3) is 5.09. The van der Waals surface area contributed by atoms with Crippen molar-refractivity contribution in [3.05, 3.63) is 24.5 Å². The highest BCUT2D eigenvalue weighted by molar-refractivity contribution is 5.81. The number of hydrogen-bond donors (Lipinski definition) is 2. The molecule has 0 atom stereocenters. The van der Waals surface area contributed by atoms with Crippen LogP contribution < -0.4 is 10.6 Å². The highest BCUT2D eigenvalue weighted by atomic mass is 16.1. The summed E-state index contributed by atoms with van der Waals surface area (Å²) in [5.41, 5.74) is 0.847. The second-order valence-corrected chi connectivity index (χ2v) is 3.21. The lowest BCUT2D eigenvalue weighted by atomic mass is 10.4. The fraction of sp³-hybridized carbons (Fsp3) is 0.364. The van der Waals surface area contributed by atoms with Crippen molar-refractivity contribution in [1.29, 1.82) is 0 Å². The first kappa shape index (κ1) is 12.2. The number of aliphatic imine (C=N–C) groups is 1. The molecule has 0 aliphatic carbocycles. The molecule has 0 unspecified atom stereocenters. The fourth-order valence-corrected chi connectivity index (χ4v) is 1.02. The van der Waals surface area contributed by atoms with Crippen LogP contribution in [0, 0.1) is 0 Å². The Hall–Kier alpha value is -1.91. The van der Waals surface area contributed by atoms with Crippen molar-refractivity contribution < 1.29 is 4.79 Å². The Bertz CT molecular complexity index is 337. The van der Waals surface area contributed by atoms with Gasteiger partial charge >= 0.3 is 0 Å². The van der Waals surface area contributed by atoms with Gasteiger partial charge in [0, 0.05) is 12.7 Å². The first-order valence-electron chi connectivity index (χ1n) is 5.24. The molecule has 0 fully saturated rings. The number of nitrogens with zero attached hydrogens (tertiary/aromatic N) is 2. The van der Waals surface area contributed by atoms with Crippen molar-refractivity contribution >= 4 is 17.9 Å². The van der Waals surface area contributed by atoms with Gasteiger partial charge in [-0.3, -0.25) is 14.8 Å². The van der Waals surface area contributed by atoms with E-state index in [2.05, 4.69) is 20.6 Å². The van der Waals surface area contributed by atoms with Crippen LogP contribution in [0.2, 0.25) is 0 Å². The number of carbonyl (C=O) groups excluding carboxylic acids is 1. The minimum atomic E-state index is -0.0638. The standard InChI is InChI=1S/C11H16N4O/c1-2-5-14-11(16)8-13-9-15-10-4-3-6-12-7-10/h3-4,6-7,9H,2,5,8H2,1H3,(H,13,15)(H,14,16). The van der Waals surface area contributed by atoms with Crippen LogP contribution in [0.25, 0.3) is 0 Å². The molecule has 0 aliphatic rings. The van der Waals surface area contributed by atoms with E-state index in [0.29, 0.717) is 6.54 Å². The number of nitrogens with one attached hydrogen (secondary N) is 2. The molecule has 0 bridgehead atoms. The summed E-state index contributed by atoms with van der Waals surface area (Å²) < 4.78 is 0. The number of hydrogen-bond acceptors (Lipinski definition) is 3. The van der Waals surface area contributed by atoms with Crippen molar-refractivity contribution in [2.45, 2.75) is 13.3 Å². The normalized spacial score (nSPS) is 10.3. The van der Waals surface area contributed by atoms with Gasteiger partial charge in [-0.05, 0) is 18.6 Å². The van der Waals surface area contributed by atoms with Crippen LogP contribution in [-0.2, 0) is 4.79 Å². The van der Waals surface area contributed by atoms with E-state index in [9.17, 15) is 4.79 Å². The minimum Gasteiger partial charge on any atom is -0.355 e. The highest BCUT2D eigenvalue weighted by Gasteiger charge is 1.95. The minimum absolute atomic E-state index is 0.0638. The Morgan fingerprint density at radius 2 is 2.50 bits per heavy atom. The van der Waals surface area contributed by atoms with Gasteiger partial charge in [0.1, 0.15) is 6.54 Å². The van der Waals surface area contributed by atoms with Crippen molar-refractivity contribution in [3.63, 3.8) is 0 Å². The van der Waals surface area contributed by atoms with Gasteiger partial charge in [-0.15, -0.1) is 0 Å². The van der Waals surface area contributed by atoms with E-state index in [1.54, 1.807) is 12.4 Å². The molecule has 5 nitrogen and oxygen atoms in total. The molecule has 0 aliphatic heterocycles. The molecular weight excluding hydrogens is 204 g/mol. The summed E-state index contributed by atoms with van der Waals surface area (Å²) in [5, 5.41) is 5.66. The average Bonchev–Trinajstić information content (AvgIpc) is 2.33. The maximum Gasteiger partial charge on any atom is 0.241 e. The van der Waals surface area contributed by atoms with Crippen LogP contribution in [0.15, 0.2) is 29.5 Å². The molecule has 86 valence electrons. The molecule has 0 aromatic carbocycles. The Morgan fingerprint density at radius 3 is 3.19 bits per heavy atom. The van der Waals surface area contributed by atoms with Crippen LogP contribution in [0.3, 0.4) is 0 Å². The lowest BCUT2D eigenvalue weighted by molar-refractivity contribution is -0.119. The van der Waals surface area contributed by atoms with Gasteiger partial charge in [-0.1, -0.05) is 6.92 Å². The van der Waals surface area contributed by atoms with E-state index in [0.717, 1.165) is 12.1 Å². The molecule has 5 heteroatoms. The number of anilines is 1. The molecule has 1 rings (SSSR count). The molecule has 1 amide bonds. The lowest BCUT2D eigenvalue weighted by Gasteiger charge is -2.00. The maximum absolute atomic E-state index is 11.1. The second-order valence-electron chi connectivity index (χ2n) is 3.21. The smallest absolute Gasteiger partial charge is 0.241 e. The average molecular weight is 220 g/mol. The Labute approximate surface area is 95.0 Å². The summed E-state index contributed by atoms with van der Waals surface area (Å²) in [5.74, 6) is -0.0638. The van der Waals surface area contributed by atoms with E-state index < -0.39 is 0 Å². The number of pyridine rings is 1. The van der Waals surface area contributed by atoms with E-state index in [1.807, 2.05) is 19.1 Å². The molecule has 1 heterocycles. The van der Waals surface area contributed by atoms with Crippen LogP contribution in [0.1, 0.15) is 13.3 Å². The monoisotopic (exact) mass is 220 g/mol. The molecule has 1 aromatic rings. The number of amides is 1. The molecule has 2 N–H and O–H groups in total. The van der Waals surface area contributed by atoms with Gasteiger partial charge in [-0.25, -0.2) is 0 Å². The first-order chi connectivity index (χ1) is 7.83. The quantitative estimate of drug-likeness (QED) is 0.556. The van der Waals surface area contributed by atoms with E-state index in [-0.39, 0.29) is 12.5 Å². The van der Waals surface area contributed by atoms with Crippen molar-refractivity contribution in [3.8, 4) is 0 Å². The van der Waals surface area contributed by atoms with Crippen molar-refractivity contribution in [2.24, 2.45) is 4.99 Å². The zero-order valence-corrected chi connectivity index (χ0v) is 9.31. The number of carbonyl (C=O) groups is 1. The van der Waals surface area contributed by atoms with Gasteiger partial charge in [0.25, 0.3) is 0 Å². The largest absolute Gasteiger partial charge is 0.355 e. The maximum atomic E-state index is 11.1. The zero-order chi connectivity index (χ0) is 11.6. The van der Waals surface area contributed by atoms with E-state index in [4.69, 9.17) is 0 Å². The molecule has 0 saturated carbocycles. The molecule has 0 saturated heterocycles. The second kappa shape index (κ2) is 7.39. The van der Waals surface area contributed by atoms with Crippen molar-refractivity contribution in [1.82, 2.24) is 10.3 Å². The van der Waals surface area contributed by atoms with Gasteiger partial charge in [0.2, 0.25) is 5.91 Å². The summed E-state index contributed by atoms with van der Waals surface area (Å²) >= 11 is 0. The Balaban J connectivity index is 2.20. The van der Waals surface area contributed by atoms with Gasteiger partial charge in [0.15, 0.2) is 0 Å². The predicted molar refractivity (Wildman–Crippen MR) is 64.5 cm³/mol. The van der Waals surface area contributed by atoms with Gasteiger partial charge in [-0.2, -0.15) is 0 Å². The summed E-state index contributed by atoms with van der Waals surface area (Å²) in [7, 11) is 0. The molecule has 1 aromatic heterocycles. The van der Waals surface area contributed by atoms with E-state index >= 15 is 0 Å². The van der Waals surface area contributed by atoms with Crippen LogP contribution in [0.5, 0.6) is 0 Å². The Morgan fingerprint density at radius 1 is 1.62 bits per heavy atom. The topological polar surface area (TPSA) is 66.4 Å². The molecule has 0 radical (unpaired) electrons. The summed E-state index contributed by atoms with van der Waals surface area (Å²) in [6.07, 6.45) is 5.82. The van der Waals surface area contributed by atoms with Crippen LogP contribution in [-0.4, -0.2) is 30.3 Å². The summed E-state index contributed by atoms with van der Waals surface area (Å²) in [4.78, 5) is 19.0. The fourth-order valence-electron chi connectivity index (χ4n) is 1.02. The zero-order valence-electron chi connectivity index (χ0n) is 9.31. The van der Waals surface area contributed by atoms with Gasteiger partial charge in [0.05, 0.1) is 18.2 Å². The lowest BCUT2D eigenvalue weighted by Crippen LogP contribution is -2.26. The molecule has 0 spiro atoms. The van der Waals surface area contributed by atoms with Crippen molar-refractivity contribution in [2.75, 3.05) is 18.4 Å². The van der Waals surface area contributed by atoms with Crippen LogP contribution >= 0.6 is 0 Å².